The maximum atomic E-state index is 13.2. The van der Waals surface area contributed by atoms with Gasteiger partial charge in [-0.15, -0.1) is 0 Å². The number of hydrogen-bond donors (Lipinski definition) is 2. The third-order valence-corrected chi connectivity index (χ3v) is 4.24. The monoisotopic (exact) mass is 305 g/mol. The number of benzene rings is 1. The maximum absolute atomic E-state index is 13.2. The normalized spacial score (nSPS) is 22.0. The summed E-state index contributed by atoms with van der Waals surface area (Å²) in [7, 11) is 0. The molecule has 0 radical (unpaired) electrons. The second kappa shape index (κ2) is 5.08. The number of imidazole rings is 1. The van der Waals surface area contributed by atoms with Crippen molar-refractivity contribution in [2.24, 2.45) is 0 Å². The first kappa shape index (κ1) is 14.5. The van der Waals surface area contributed by atoms with Crippen LogP contribution in [0.2, 0.25) is 0 Å². The number of nitrogens with zero attached hydrogens (tertiary/aromatic N) is 2. The van der Waals surface area contributed by atoms with Crippen LogP contribution in [0.15, 0.2) is 18.2 Å². The molecule has 0 aliphatic carbocycles. The SMILES string of the molecule is C[C@@]1(C(=O)O)CCCCN1C(=O)c1nc2ccc(F)cc2[nH]1. The molecule has 2 aromatic rings. The van der Waals surface area contributed by atoms with Crippen molar-refractivity contribution in [2.45, 2.75) is 31.7 Å². The number of likely N-dealkylation sites (tertiary alicyclic amines) is 1. The molecule has 3 rings (SSSR count). The van der Waals surface area contributed by atoms with Crippen molar-refractivity contribution in [2.75, 3.05) is 6.54 Å². The molecule has 2 N–H and O–H groups in total. The molecule has 1 saturated heterocycles. The van der Waals surface area contributed by atoms with E-state index in [-0.39, 0.29) is 5.82 Å². The van der Waals surface area contributed by atoms with E-state index < -0.39 is 23.2 Å². The smallest absolute Gasteiger partial charge is 0.329 e. The second-order valence-corrected chi connectivity index (χ2v) is 5.74. The number of carbonyl (C=O) groups excluding carboxylic acids is 1. The number of halogens is 1. The van der Waals surface area contributed by atoms with Gasteiger partial charge in [0.25, 0.3) is 5.91 Å². The molecule has 0 spiro atoms. The highest BCUT2D eigenvalue weighted by atomic mass is 19.1. The minimum atomic E-state index is -1.24. The molecule has 1 aromatic heterocycles. The highest BCUT2D eigenvalue weighted by Crippen LogP contribution is 2.29. The van der Waals surface area contributed by atoms with Gasteiger partial charge in [0.1, 0.15) is 11.4 Å². The number of rotatable bonds is 2. The Morgan fingerprint density at radius 2 is 2.18 bits per heavy atom. The lowest BCUT2D eigenvalue weighted by Crippen LogP contribution is -2.57. The number of aromatic nitrogens is 2. The van der Waals surface area contributed by atoms with Crippen LogP contribution in [-0.4, -0.2) is 43.9 Å². The van der Waals surface area contributed by atoms with Crippen LogP contribution < -0.4 is 0 Å². The molecule has 2 heterocycles. The van der Waals surface area contributed by atoms with E-state index in [2.05, 4.69) is 9.97 Å². The highest BCUT2D eigenvalue weighted by molar-refractivity contribution is 5.97. The van der Waals surface area contributed by atoms with Gasteiger partial charge in [0, 0.05) is 6.54 Å². The van der Waals surface area contributed by atoms with E-state index >= 15 is 0 Å². The summed E-state index contributed by atoms with van der Waals surface area (Å²) in [6, 6.07) is 4.00. The Hall–Kier alpha value is -2.44. The molecule has 1 aliphatic rings. The van der Waals surface area contributed by atoms with E-state index in [4.69, 9.17) is 0 Å². The molecule has 1 amide bonds. The van der Waals surface area contributed by atoms with Gasteiger partial charge in [0.15, 0.2) is 5.82 Å². The van der Waals surface area contributed by atoms with Crippen LogP contribution in [0.3, 0.4) is 0 Å². The number of fused-ring (bicyclic) bond motifs is 1. The van der Waals surface area contributed by atoms with Gasteiger partial charge in [-0.3, -0.25) is 4.79 Å². The van der Waals surface area contributed by atoms with Crippen molar-refractivity contribution < 1.29 is 19.1 Å². The Labute approximate surface area is 125 Å². The molecule has 22 heavy (non-hydrogen) atoms. The molecule has 6 nitrogen and oxygen atoms in total. The Balaban J connectivity index is 1.98. The number of aromatic amines is 1. The lowest BCUT2D eigenvalue weighted by molar-refractivity contribution is -0.150. The van der Waals surface area contributed by atoms with Crippen LogP contribution in [0.1, 0.15) is 36.8 Å². The number of carbonyl (C=O) groups is 2. The average Bonchev–Trinajstić information content (AvgIpc) is 2.90. The summed E-state index contributed by atoms with van der Waals surface area (Å²) in [6.45, 7) is 1.92. The zero-order valence-corrected chi connectivity index (χ0v) is 12.1. The van der Waals surface area contributed by atoms with Gasteiger partial charge in [0.05, 0.1) is 11.0 Å². The van der Waals surface area contributed by atoms with Gasteiger partial charge in [-0.1, -0.05) is 0 Å². The predicted molar refractivity (Wildman–Crippen MR) is 77.0 cm³/mol. The van der Waals surface area contributed by atoms with Crippen molar-refractivity contribution >= 4 is 22.9 Å². The van der Waals surface area contributed by atoms with Crippen LogP contribution in [0.4, 0.5) is 4.39 Å². The molecule has 1 fully saturated rings. The van der Waals surface area contributed by atoms with E-state index in [9.17, 15) is 19.1 Å². The fourth-order valence-electron chi connectivity index (χ4n) is 2.88. The largest absolute Gasteiger partial charge is 0.480 e. The Morgan fingerprint density at radius 1 is 1.41 bits per heavy atom. The molecule has 1 aromatic carbocycles. The molecular weight excluding hydrogens is 289 g/mol. The number of carboxylic acid groups (broad SMARTS) is 1. The molecule has 1 aliphatic heterocycles. The first-order valence-electron chi connectivity index (χ1n) is 7.12. The minimum absolute atomic E-state index is 0.0370. The third-order valence-electron chi connectivity index (χ3n) is 4.24. The summed E-state index contributed by atoms with van der Waals surface area (Å²) in [5.74, 6) is -1.89. The molecule has 0 unspecified atom stereocenters. The summed E-state index contributed by atoms with van der Waals surface area (Å²) >= 11 is 0. The Kier molecular flexibility index (Phi) is 3.35. The van der Waals surface area contributed by atoms with Gasteiger partial charge >= 0.3 is 5.97 Å². The summed E-state index contributed by atoms with van der Waals surface area (Å²) < 4.78 is 13.2. The average molecular weight is 305 g/mol. The van der Waals surface area contributed by atoms with Gasteiger partial charge in [-0.25, -0.2) is 14.2 Å². The van der Waals surface area contributed by atoms with Crippen LogP contribution in [0, 0.1) is 5.82 Å². The summed E-state index contributed by atoms with van der Waals surface area (Å²) in [6.07, 6.45) is 1.92. The fraction of sp³-hybridized carbons (Fsp3) is 0.400. The second-order valence-electron chi connectivity index (χ2n) is 5.74. The lowest BCUT2D eigenvalue weighted by Gasteiger charge is -2.41. The summed E-state index contributed by atoms with van der Waals surface area (Å²) in [4.78, 5) is 32.5. The van der Waals surface area contributed by atoms with Gasteiger partial charge < -0.3 is 15.0 Å². The lowest BCUT2D eigenvalue weighted by atomic mass is 9.88. The van der Waals surface area contributed by atoms with Crippen molar-refractivity contribution in [3.63, 3.8) is 0 Å². The number of hydrogen-bond acceptors (Lipinski definition) is 3. The molecule has 7 heteroatoms. The standard InChI is InChI=1S/C15H16FN3O3/c1-15(14(21)22)6-2-3-7-19(15)13(20)12-17-10-5-4-9(16)8-11(10)18-12/h4-5,8H,2-3,6-7H2,1H3,(H,17,18)(H,21,22)/t15-/m0/s1. The zero-order valence-electron chi connectivity index (χ0n) is 12.1. The summed E-state index contributed by atoms with van der Waals surface area (Å²) in [5, 5.41) is 9.47. The van der Waals surface area contributed by atoms with Gasteiger partial charge in [-0.2, -0.15) is 0 Å². The van der Waals surface area contributed by atoms with Crippen LogP contribution >= 0.6 is 0 Å². The van der Waals surface area contributed by atoms with Crippen molar-refractivity contribution in [1.82, 2.24) is 14.9 Å². The molecule has 116 valence electrons. The van der Waals surface area contributed by atoms with E-state index in [0.29, 0.717) is 24.0 Å². The van der Waals surface area contributed by atoms with E-state index in [1.165, 1.54) is 23.1 Å². The number of H-pyrrole nitrogens is 1. The third kappa shape index (κ3) is 2.22. The van der Waals surface area contributed by atoms with E-state index in [1.54, 1.807) is 6.92 Å². The minimum Gasteiger partial charge on any atom is -0.480 e. The zero-order chi connectivity index (χ0) is 15.9. The quantitative estimate of drug-likeness (QED) is 0.890. The fourth-order valence-corrected chi connectivity index (χ4v) is 2.88. The maximum Gasteiger partial charge on any atom is 0.329 e. The Morgan fingerprint density at radius 3 is 2.91 bits per heavy atom. The number of carboxylic acids is 1. The number of piperidine rings is 1. The predicted octanol–water partition coefficient (Wildman–Crippen LogP) is 2.17. The number of aliphatic carboxylic acids is 1. The van der Waals surface area contributed by atoms with Crippen LogP contribution in [0.5, 0.6) is 0 Å². The van der Waals surface area contributed by atoms with Crippen molar-refractivity contribution in [1.29, 1.82) is 0 Å². The number of amides is 1. The van der Waals surface area contributed by atoms with E-state index in [0.717, 1.165) is 12.8 Å². The molecular formula is C15H16FN3O3. The van der Waals surface area contributed by atoms with E-state index in [1.807, 2.05) is 0 Å². The van der Waals surface area contributed by atoms with Gasteiger partial charge in [-0.05, 0) is 44.4 Å². The Bertz CT molecular complexity index is 758. The number of nitrogens with one attached hydrogen (secondary N) is 1. The first-order chi connectivity index (χ1) is 10.4. The molecule has 0 saturated carbocycles. The summed E-state index contributed by atoms with van der Waals surface area (Å²) in [5.41, 5.74) is -0.351. The molecule has 0 bridgehead atoms. The first-order valence-corrected chi connectivity index (χ1v) is 7.12. The topological polar surface area (TPSA) is 86.3 Å². The van der Waals surface area contributed by atoms with Crippen LogP contribution in [-0.2, 0) is 4.79 Å². The van der Waals surface area contributed by atoms with Gasteiger partial charge in [0.2, 0.25) is 0 Å². The van der Waals surface area contributed by atoms with Crippen molar-refractivity contribution in [3.05, 3.63) is 29.8 Å². The molecule has 1 atom stereocenters. The van der Waals surface area contributed by atoms with Crippen LogP contribution in [0.25, 0.3) is 11.0 Å². The van der Waals surface area contributed by atoms with Crippen molar-refractivity contribution in [3.8, 4) is 0 Å². The highest BCUT2D eigenvalue weighted by Gasteiger charge is 2.44.